The maximum absolute atomic E-state index is 12.7. The Hall–Kier alpha value is -0.180. The van der Waals surface area contributed by atoms with E-state index in [2.05, 4.69) is 0 Å². The zero-order chi connectivity index (χ0) is 8.32. The summed E-state index contributed by atoms with van der Waals surface area (Å²) < 4.78 is 25.4. The Balaban J connectivity index is 2.42. The number of hydrogen-bond donors (Lipinski definition) is 0. The summed E-state index contributed by atoms with van der Waals surface area (Å²) >= 11 is 0. The Morgan fingerprint density at radius 2 is 1.91 bits per heavy atom. The van der Waals surface area contributed by atoms with Crippen molar-refractivity contribution >= 4 is 0 Å². The molecular formula is C8H13F2O. The first-order chi connectivity index (χ1) is 5.10. The summed E-state index contributed by atoms with van der Waals surface area (Å²) in [5, 5.41) is 10.9. The summed E-state index contributed by atoms with van der Waals surface area (Å²) in [6, 6.07) is 0. The van der Waals surface area contributed by atoms with E-state index in [0.29, 0.717) is 12.8 Å². The fourth-order valence-corrected chi connectivity index (χ4v) is 1.47. The largest absolute Gasteiger partial charge is 0.250 e. The molecule has 1 radical (unpaired) electrons. The van der Waals surface area contributed by atoms with E-state index in [1.807, 2.05) is 0 Å². The molecule has 1 rings (SSSR count). The summed E-state index contributed by atoms with van der Waals surface area (Å²) in [6.07, 6.45) is 1.03. The quantitative estimate of drug-likeness (QED) is 0.523. The van der Waals surface area contributed by atoms with Crippen molar-refractivity contribution in [2.24, 2.45) is 0 Å². The number of rotatable bonds is 0. The predicted molar refractivity (Wildman–Crippen MR) is 37.1 cm³/mol. The monoisotopic (exact) mass is 163 g/mol. The van der Waals surface area contributed by atoms with Crippen molar-refractivity contribution < 1.29 is 13.9 Å². The summed E-state index contributed by atoms with van der Waals surface area (Å²) in [4.78, 5) is 0. The van der Waals surface area contributed by atoms with Gasteiger partial charge in [-0.05, 0) is 12.8 Å². The highest BCUT2D eigenvalue weighted by molar-refractivity contribution is 4.74. The smallest absolute Gasteiger partial charge is 0.233 e. The highest BCUT2D eigenvalue weighted by Gasteiger charge is 2.33. The minimum absolute atomic E-state index is 0.0915. The van der Waals surface area contributed by atoms with Crippen LogP contribution in [-0.4, -0.2) is 12.0 Å². The van der Waals surface area contributed by atoms with Crippen LogP contribution in [0.15, 0.2) is 0 Å². The summed E-state index contributed by atoms with van der Waals surface area (Å²) in [7, 11) is 0. The second-order valence-electron chi connectivity index (χ2n) is 3.28. The lowest BCUT2D eigenvalue weighted by Gasteiger charge is -2.21. The number of hydrogen-bond acceptors (Lipinski definition) is 0. The van der Waals surface area contributed by atoms with E-state index in [1.54, 1.807) is 0 Å². The molecule has 1 fully saturated rings. The van der Waals surface area contributed by atoms with Crippen molar-refractivity contribution in [3.63, 3.8) is 0 Å². The number of halogens is 2. The van der Waals surface area contributed by atoms with Crippen LogP contribution in [0.3, 0.4) is 0 Å². The van der Waals surface area contributed by atoms with E-state index in [9.17, 15) is 13.9 Å². The zero-order valence-corrected chi connectivity index (χ0v) is 6.48. The molecule has 0 bridgehead atoms. The van der Waals surface area contributed by atoms with Crippen LogP contribution in [0.25, 0.3) is 0 Å². The average molecular weight is 163 g/mol. The second-order valence-corrected chi connectivity index (χ2v) is 3.28. The molecule has 0 N–H and O–H groups in total. The molecule has 0 aromatic rings. The third kappa shape index (κ3) is 3.14. The highest BCUT2D eigenvalue weighted by Crippen LogP contribution is 2.31. The Bertz CT molecular complexity index is 125. The molecule has 0 aliphatic heterocycles. The minimum atomic E-state index is -2.69. The van der Waals surface area contributed by atoms with Gasteiger partial charge in [-0.25, -0.2) is 13.9 Å². The van der Waals surface area contributed by atoms with Gasteiger partial charge < -0.3 is 0 Å². The lowest BCUT2D eigenvalue weighted by molar-refractivity contribution is -0.0756. The zero-order valence-electron chi connectivity index (χ0n) is 6.48. The van der Waals surface area contributed by atoms with Gasteiger partial charge in [-0.1, -0.05) is 12.8 Å². The fraction of sp³-hybridized carbons (Fsp3) is 1.00. The lowest BCUT2D eigenvalue weighted by Crippen LogP contribution is -2.24. The fourth-order valence-electron chi connectivity index (χ4n) is 1.47. The van der Waals surface area contributed by atoms with Gasteiger partial charge >= 0.3 is 0 Å². The van der Waals surface area contributed by atoms with E-state index in [4.69, 9.17) is 0 Å². The maximum Gasteiger partial charge on any atom is 0.250 e. The van der Waals surface area contributed by atoms with Gasteiger partial charge in [-0.2, -0.15) is 0 Å². The second kappa shape index (κ2) is 3.48. The van der Waals surface area contributed by atoms with Crippen LogP contribution in [0.5, 0.6) is 0 Å². The van der Waals surface area contributed by atoms with Gasteiger partial charge in [-0.15, -0.1) is 0 Å². The van der Waals surface area contributed by atoms with Gasteiger partial charge in [0, 0.05) is 12.8 Å². The third-order valence-electron chi connectivity index (χ3n) is 2.09. The van der Waals surface area contributed by atoms with Crippen molar-refractivity contribution in [2.75, 3.05) is 0 Å². The van der Waals surface area contributed by atoms with Crippen LogP contribution >= 0.6 is 0 Å². The molecule has 3 heteroatoms. The normalized spacial score (nSPS) is 32.5. The van der Waals surface area contributed by atoms with Crippen LogP contribution in [0, 0.1) is 0 Å². The molecule has 11 heavy (non-hydrogen) atoms. The predicted octanol–water partition coefficient (Wildman–Crippen LogP) is 2.78. The Labute approximate surface area is 65.4 Å². The first-order valence-corrected chi connectivity index (χ1v) is 4.14. The Kier molecular flexibility index (Phi) is 2.82. The molecule has 1 saturated carbocycles. The van der Waals surface area contributed by atoms with Gasteiger partial charge in [0.1, 0.15) is 0 Å². The lowest BCUT2D eigenvalue weighted by atomic mass is 9.96. The highest BCUT2D eigenvalue weighted by atomic mass is 19.3. The SMILES string of the molecule is [O]C1CCCCCC(F)(F)C1. The first-order valence-electron chi connectivity index (χ1n) is 4.14. The molecular weight excluding hydrogens is 150 g/mol. The van der Waals surface area contributed by atoms with Crippen LogP contribution in [-0.2, 0) is 5.11 Å². The summed E-state index contributed by atoms with van der Waals surface area (Å²) in [5.41, 5.74) is 0. The molecule has 0 heterocycles. The molecule has 0 aromatic heterocycles. The van der Waals surface area contributed by atoms with E-state index >= 15 is 0 Å². The molecule has 1 nitrogen and oxygen atoms in total. The van der Waals surface area contributed by atoms with Gasteiger partial charge in [0.25, 0.3) is 5.92 Å². The molecule has 1 aliphatic rings. The van der Waals surface area contributed by atoms with Crippen LogP contribution in [0.2, 0.25) is 0 Å². The molecule has 1 aliphatic carbocycles. The van der Waals surface area contributed by atoms with Crippen molar-refractivity contribution in [3.8, 4) is 0 Å². The molecule has 1 atom stereocenters. The Morgan fingerprint density at radius 3 is 2.64 bits per heavy atom. The molecule has 0 saturated heterocycles. The van der Waals surface area contributed by atoms with E-state index in [1.165, 1.54) is 0 Å². The van der Waals surface area contributed by atoms with Gasteiger partial charge in [0.15, 0.2) is 0 Å². The van der Waals surface area contributed by atoms with E-state index in [0.717, 1.165) is 12.8 Å². The van der Waals surface area contributed by atoms with E-state index in [-0.39, 0.29) is 6.42 Å². The van der Waals surface area contributed by atoms with Crippen LogP contribution in [0.1, 0.15) is 38.5 Å². The van der Waals surface area contributed by atoms with Gasteiger partial charge in [0.05, 0.1) is 6.10 Å². The van der Waals surface area contributed by atoms with Crippen LogP contribution < -0.4 is 0 Å². The van der Waals surface area contributed by atoms with Crippen molar-refractivity contribution in [1.82, 2.24) is 0 Å². The van der Waals surface area contributed by atoms with Crippen molar-refractivity contribution in [3.05, 3.63) is 0 Å². The maximum atomic E-state index is 12.7. The molecule has 65 valence electrons. The minimum Gasteiger partial charge on any atom is -0.233 e. The first kappa shape index (κ1) is 8.91. The molecule has 0 spiro atoms. The summed E-state index contributed by atoms with van der Waals surface area (Å²) in [6.45, 7) is 0. The topological polar surface area (TPSA) is 19.9 Å². The van der Waals surface area contributed by atoms with E-state index < -0.39 is 18.4 Å². The molecule has 0 aromatic carbocycles. The Morgan fingerprint density at radius 1 is 1.18 bits per heavy atom. The standard InChI is InChI=1S/C8H13F2O/c9-8(10)5-3-1-2-4-7(11)6-8/h7H,1-6H2. The van der Waals surface area contributed by atoms with Gasteiger partial charge in [0.2, 0.25) is 0 Å². The third-order valence-corrected chi connectivity index (χ3v) is 2.09. The van der Waals surface area contributed by atoms with Crippen LogP contribution in [0.4, 0.5) is 8.78 Å². The van der Waals surface area contributed by atoms with Gasteiger partial charge in [-0.3, -0.25) is 0 Å². The summed E-state index contributed by atoms with van der Waals surface area (Å²) in [5.74, 6) is -2.69. The van der Waals surface area contributed by atoms with Crippen molar-refractivity contribution in [1.29, 1.82) is 0 Å². The molecule has 1 unspecified atom stereocenters. The number of alkyl halides is 2. The average Bonchev–Trinajstić information content (AvgIpc) is 1.82. The molecule has 0 amide bonds. The van der Waals surface area contributed by atoms with Crippen molar-refractivity contribution in [2.45, 2.75) is 50.6 Å².